The lowest BCUT2D eigenvalue weighted by atomic mass is 10.4. The summed E-state index contributed by atoms with van der Waals surface area (Å²) in [6, 6.07) is 2.02. The number of rotatable bonds is 4. The standard InChI is InChI=1S/C8H12BrNOS2/c1-6(10)4-13(11)5-8-2-7(9)3-12-8/h2-3,6H,4-5,10H2,1H3. The Morgan fingerprint density at radius 2 is 2.46 bits per heavy atom. The highest BCUT2D eigenvalue weighted by Crippen LogP contribution is 2.20. The predicted octanol–water partition coefficient (Wildman–Crippen LogP) is 2.11. The first-order valence-electron chi connectivity index (χ1n) is 3.91. The summed E-state index contributed by atoms with van der Waals surface area (Å²) in [6.07, 6.45) is 0. The Hall–Kier alpha value is 0.290. The second-order valence-electron chi connectivity index (χ2n) is 2.96. The van der Waals surface area contributed by atoms with Gasteiger partial charge in [-0.3, -0.25) is 4.21 Å². The molecule has 2 nitrogen and oxygen atoms in total. The molecule has 1 aromatic heterocycles. The van der Waals surface area contributed by atoms with Gasteiger partial charge in [-0.1, -0.05) is 0 Å². The Labute approximate surface area is 93.1 Å². The van der Waals surface area contributed by atoms with Crippen LogP contribution in [0, 0.1) is 0 Å². The minimum atomic E-state index is -0.823. The highest BCUT2D eigenvalue weighted by atomic mass is 79.9. The van der Waals surface area contributed by atoms with E-state index in [1.807, 2.05) is 18.4 Å². The molecular formula is C8H12BrNOS2. The van der Waals surface area contributed by atoms with Gasteiger partial charge in [-0.05, 0) is 28.9 Å². The molecule has 2 unspecified atom stereocenters. The number of hydrogen-bond donors (Lipinski definition) is 1. The van der Waals surface area contributed by atoms with E-state index >= 15 is 0 Å². The summed E-state index contributed by atoms with van der Waals surface area (Å²) >= 11 is 4.98. The van der Waals surface area contributed by atoms with Crippen molar-refractivity contribution in [2.75, 3.05) is 5.75 Å². The maximum Gasteiger partial charge on any atom is 0.0580 e. The molecule has 0 amide bonds. The predicted molar refractivity (Wildman–Crippen MR) is 62.4 cm³/mol. The van der Waals surface area contributed by atoms with Crippen molar-refractivity contribution in [2.24, 2.45) is 5.73 Å². The van der Waals surface area contributed by atoms with E-state index in [0.717, 1.165) is 9.35 Å². The first kappa shape index (κ1) is 11.4. The second kappa shape index (κ2) is 5.24. The van der Waals surface area contributed by atoms with Gasteiger partial charge in [0.1, 0.15) is 0 Å². The van der Waals surface area contributed by atoms with Gasteiger partial charge in [0.2, 0.25) is 0 Å². The summed E-state index contributed by atoms with van der Waals surface area (Å²) in [6.45, 7) is 1.88. The fraction of sp³-hybridized carbons (Fsp3) is 0.500. The summed E-state index contributed by atoms with van der Waals surface area (Å²) < 4.78 is 12.5. The minimum absolute atomic E-state index is 0.0178. The molecule has 2 atom stereocenters. The summed E-state index contributed by atoms with van der Waals surface area (Å²) in [5, 5.41) is 2.00. The molecule has 1 aromatic rings. The molecule has 0 saturated heterocycles. The van der Waals surface area contributed by atoms with E-state index in [1.165, 1.54) is 0 Å². The third kappa shape index (κ3) is 4.35. The van der Waals surface area contributed by atoms with E-state index in [-0.39, 0.29) is 6.04 Å². The van der Waals surface area contributed by atoms with E-state index in [4.69, 9.17) is 5.73 Å². The lowest BCUT2D eigenvalue weighted by molar-refractivity contribution is 0.676. The van der Waals surface area contributed by atoms with E-state index in [2.05, 4.69) is 15.9 Å². The molecule has 0 aliphatic carbocycles. The van der Waals surface area contributed by atoms with Gasteiger partial charge < -0.3 is 5.73 Å². The second-order valence-corrected chi connectivity index (χ2v) is 6.37. The van der Waals surface area contributed by atoms with Crippen LogP contribution in [0.1, 0.15) is 11.8 Å². The first-order valence-corrected chi connectivity index (χ1v) is 7.07. The van der Waals surface area contributed by atoms with Gasteiger partial charge in [0.25, 0.3) is 0 Å². The van der Waals surface area contributed by atoms with Crippen LogP contribution in [-0.4, -0.2) is 16.0 Å². The number of hydrogen-bond acceptors (Lipinski definition) is 3. The third-order valence-electron chi connectivity index (χ3n) is 1.37. The fourth-order valence-electron chi connectivity index (χ4n) is 0.940. The van der Waals surface area contributed by atoms with Gasteiger partial charge in [-0.2, -0.15) is 0 Å². The van der Waals surface area contributed by atoms with Gasteiger partial charge in [0.15, 0.2) is 0 Å². The molecule has 1 rings (SSSR count). The summed E-state index contributed by atoms with van der Waals surface area (Å²) in [7, 11) is -0.823. The Morgan fingerprint density at radius 3 is 2.92 bits per heavy atom. The van der Waals surface area contributed by atoms with Crippen LogP contribution in [-0.2, 0) is 16.6 Å². The average molecular weight is 282 g/mol. The van der Waals surface area contributed by atoms with Crippen molar-refractivity contribution < 1.29 is 4.21 Å². The highest BCUT2D eigenvalue weighted by molar-refractivity contribution is 9.10. The van der Waals surface area contributed by atoms with E-state index in [9.17, 15) is 4.21 Å². The zero-order valence-electron chi connectivity index (χ0n) is 7.33. The maximum absolute atomic E-state index is 11.5. The van der Waals surface area contributed by atoms with Gasteiger partial charge in [0.05, 0.1) is 5.75 Å². The largest absolute Gasteiger partial charge is 0.327 e. The van der Waals surface area contributed by atoms with Gasteiger partial charge in [0, 0.05) is 37.3 Å². The van der Waals surface area contributed by atoms with Crippen LogP contribution in [0.25, 0.3) is 0 Å². The topological polar surface area (TPSA) is 43.1 Å². The number of thiophene rings is 1. The molecule has 0 bridgehead atoms. The Morgan fingerprint density at radius 1 is 1.77 bits per heavy atom. The maximum atomic E-state index is 11.5. The molecular weight excluding hydrogens is 270 g/mol. The lowest BCUT2D eigenvalue weighted by Gasteiger charge is -2.03. The Kier molecular flexibility index (Phi) is 4.58. The average Bonchev–Trinajstić information content (AvgIpc) is 2.33. The molecule has 0 radical (unpaired) electrons. The van der Waals surface area contributed by atoms with Gasteiger partial charge >= 0.3 is 0 Å². The first-order chi connectivity index (χ1) is 6.08. The van der Waals surface area contributed by atoms with Crippen LogP contribution in [0.3, 0.4) is 0 Å². The summed E-state index contributed by atoms with van der Waals surface area (Å²) in [5.41, 5.74) is 5.55. The monoisotopic (exact) mass is 281 g/mol. The molecule has 74 valence electrons. The van der Waals surface area contributed by atoms with Crippen LogP contribution in [0.2, 0.25) is 0 Å². The van der Waals surface area contributed by atoms with Crippen molar-refractivity contribution in [3.05, 3.63) is 20.8 Å². The lowest BCUT2D eigenvalue weighted by Crippen LogP contribution is -2.23. The van der Waals surface area contributed by atoms with Crippen LogP contribution >= 0.6 is 27.3 Å². The Bertz CT molecular complexity index is 298. The van der Waals surface area contributed by atoms with Crippen molar-refractivity contribution in [2.45, 2.75) is 18.7 Å². The molecule has 0 aliphatic rings. The van der Waals surface area contributed by atoms with E-state index in [1.54, 1.807) is 11.3 Å². The number of halogens is 1. The molecule has 13 heavy (non-hydrogen) atoms. The fourth-order valence-corrected chi connectivity index (χ4v) is 3.95. The van der Waals surface area contributed by atoms with Crippen molar-refractivity contribution in [1.29, 1.82) is 0 Å². The van der Waals surface area contributed by atoms with Crippen molar-refractivity contribution in [3.63, 3.8) is 0 Å². The van der Waals surface area contributed by atoms with Crippen molar-refractivity contribution in [3.8, 4) is 0 Å². The molecule has 2 N–H and O–H groups in total. The summed E-state index contributed by atoms with van der Waals surface area (Å²) in [5.74, 6) is 1.20. The zero-order chi connectivity index (χ0) is 9.84. The smallest absolute Gasteiger partial charge is 0.0580 e. The van der Waals surface area contributed by atoms with Crippen molar-refractivity contribution >= 4 is 38.1 Å². The molecule has 1 heterocycles. The number of nitrogens with two attached hydrogens (primary N) is 1. The third-order valence-corrected chi connectivity index (χ3v) is 4.78. The zero-order valence-corrected chi connectivity index (χ0v) is 10.5. The minimum Gasteiger partial charge on any atom is -0.327 e. The van der Waals surface area contributed by atoms with Crippen LogP contribution in [0.5, 0.6) is 0 Å². The van der Waals surface area contributed by atoms with Gasteiger partial charge in [-0.15, -0.1) is 11.3 Å². The van der Waals surface area contributed by atoms with Crippen LogP contribution in [0.15, 0.2) is 15.9 Å². The molecule has 0 aliphatic heterocycles. The molecule has 0 saturated carbocycles. The van der Waals surface area contributed by atoms with Crippen LogP contribution in [0.4, 0.5) is 0 Å². The molecule has 0 aromatic carbocycles. The quantitative estimate of drug-likeness (QED) is 0.919. The summed E-state index contributed by atoms with van der Waals surface area (Å²) in [4.78, 5) is 1.14. The van der Waals surface area contributed by atoms with Gasteiger partial charge in [-0.25, -0.2) is 0 Å². The SMILES string of the molecule is CC(N)CS(=O)Cc1cc(Br)cs1. The highest BCUT2D eigenvalue weighted by Gasteiger charge is 2.06. The van der Waals surface area contributed by atoms with E-state index < -0.39 is 10.8 Å². The Balaban J connectivity index is 2.45. The van der Waals surface area contributed by atoms with E-state index in [0.29, 0.717) is 11.5 Å². The molecule has 0 fully saturated rings. The van der Waals surface area contributed by atoms with Crippen molar-refractivity contribution in [1.82, 2.24) is 0 Å². The normalized spacial score (nSPS) is 15.6. The molecule has 5 heteroatoms. The van der Waals surface area contributed by atoms with Crippen LogP contribution < -0.4 is 5.73 Å². The molecule has 0 spiro atoms.